The minimum Gasteiger partial charge on any atom is -0.378 e. The van der Waals surface area contributed by atoms with E-state index in [2.05, 4.69) is 39.5 Å². The van der Waals surface area contributed by atoms with E-state index in [0.717, 1.165) is 41.5 Å². The minimum atomic E-state index is 0.248. The molecule has 0 amide bonds. The smallest absolute Gasteiger partial charge is 0.0660 e. The Morgan fingerprint density at radius 1 is 1.38 bits per heavy atom. The average Bonchev–Trinajstić information content (AvgIpc) is 3.18. The van der Waals surface area contributed by atoms with Crippen molar-refractivity contribution >= 4 is 23.0 Å². The van der Waals surface area contributed by atoms with Gasteiger partial charge in [0.1, 0.15) is 0 Å². The summed E-state index contributed by atoms with van der Waals surface area (Å²) in [5.41, 5.74) is 3.37. The molecule has 2 heterocycles. The molecule has 0 radical (unpaired) electrons. The third-order valence-corrected chi connectivity index (χ3v) is 4.37. The highest BCUT2D eigenvalue weighted by atomic mass is 35.5. The van der Waals surface area contributed by atoms with Crippen LogP contribution in [0.5, 0.6) is 0 Å². The normalized spacial score (nSPS) is 16.2. The number of rotatable bonds is 5. The molecule has 2 N–H and O–H groups in total. The van der Waals surface area contributed by atoms with Crippen molar-refractivity contribution < 1.29 is 0 Å². The molecule has 1 aliphatic rings. The van der Waals surface area contributed by atoms with Crippen molar-refractivity contribution in [3.63, 3.8) is 0 Å². The number of nitrogens with one attached hydrogen (secondary N) is 2. The van der Waals surface area contributed by atoms with E-state index in [1.165, 1.54) is 12.8 Å². The third-order valence-electron chi connectivity index (χ3n) is 4.07. The van der Waals surface area contributed by atoms with Gasteiger partial charge in [0.15, 0.2) is 0 Å². The highest BCUT2D eigenvalue weighted by Gasteiger charge is 2.16. The van der Waals surface area contributed by atoms with Gasteiger partial charge in [-0.3, -0.25) is 5.10 Å². The number of hydrogen-bond donors (Lipinski definition) is 2. The molecule has 1 unspecified atom stereocenters. The van der Waals surface area contributed by atoms with Crippen LogP contribution < -0.4 is 10.2 Å². The lowest BCUT2D eigenvalue weighted by Gasteiger charge is -2.21. The molecule has 1 fully saturated rings. The fourth-order valence-corrected chi connectivity index (χ4v) is 3.18. The van der Waals surface area contributed by atoms with Crippen LogP contribution in [0, 0.1) is 0 Å². The highest BCUT2D eigenvalue weighted by molar-refractivity contribution is 6.33. The fourth-order valence-electron chi connectivity index (χ4n) is 2.88. The number of benzene rings is 1. The highest BCUT2D eigenvalue weighted by Crippen LogP contribution is 2.32. The second kappa shape index (κ2) is 6.39. The topological polar surface area (TPSA) is 44.0 Å². The van der Waals surface area contributed by atoms with Gasteiger partial charge in [-0.1, -0.05) is 18.5 Å². The Labute approximate surface area is 130 Å². The first kappa shape index (κ1) is 14.3. The molecule has 4 nitrogen and oxygen atoms in total. The number of halogens is 1. The maximum Gasteiger partial charge on any atom is 0.0660 e. The van der Waals surface area contributed by atoms with Crippen molar-refractivity contribution in [3.05, 3.63) is 41.2 Å². The zero-order chi connectivity index (χ0) is 14.7. The maximum atomic E-state index is 6.46. The van der Waals surface area contributed by atoms with E-state index in [1.54, 1.807) is 0 Å². The first-order valence-corrected chi connectivity index (χ1v) is 7.95. The van der Waals surface area contributed by atoms with Crippen LogP contribution in [0.2, 0.25) is 5.02 Å². The maximum absolute atomic E-state index is 6.46. The lowest BCUT2D eigenvalue weighted by molar-refractivity contribution is 0.750. The van der Waals surface area contributed by atoms with E-state index < -0.39 is 0 Å². The minimum absolute atomic E-state index is 0.248. The molecule has 3 rings (SSSR count). The van der Waals surface area contributed by atoms with Crippen LogP contribution in [0.3, 0.4) is 0 Å². The zero-order valence-corrected chi connectivity index (χ0v) is 13.0. The van der Waals surface area contributed by atoms with Crippen LogP contribution in [0.25, 0.3) is 0 Å². The molecule has 0 spiro atoms. The Balaban J connectivity index is 1.75. The monoisotopic (exact) mass is 304 g/mol. The lowest BCUT2D eigenvalue weighted by atomic mass is 10.1. The standard InChI is InChI=1S/C16H21ClN4/c1-2-15(12-10-18-19-11-12)20-13-5-6-16(14(17)9-13)21-7-3-4-8-21/h5-6,9-11,15,20H,2-4,7-8H2,1H3,(H,18,19). The number of hydrogen-bond acceptors (Lipinski definition) is 3. The van der Waals surface area contributed by atoms with Gasteiger partial charge in [0.25, 0.3) is 0 Å². The molecule has 5 heteroatoms. The van der Waals surface area contributed by atoms with Gasteiger partial charge in [-0.05, 0) is 37.5 Å². The molecular weight excluding hydrogens is 284 g/mol. The molecule has 0 aliphatic carbocycles. The number of anilines is 2. The van der Waals surface area contributed by atoms with E-state index in [-0.39, 0.29) is 6.04 Å². The molecule has 1 aromatic carbocycles. The van der Waals surface area contributed by atoms with Gasteiger partial charge in [-0.15, -0.1) is 0 Å². The molecule has 0 bridgehead atoms. The Morgan fingerprint density at radius 2 is 2.19 bits per heavy atom. The van der Waals surface area contributed by atoms with Gasteiger partial charge in [-0.2, -0.15) is 5.10 Å². The zero-order valence-electron chi connectivity index (χ0n) is 12.3. The molecule has 1 atom stereocenters. The summed E-state index contributed by atoms with van der Waals surface area (Å²) in [5, 5.41) is 11.2. The van der Waals surface area contributed by atoms with Gasteiger partial charge >= 0.3 is 0 Å². The summed E-state index contributed by atoms with van der Waals surface area (Å²) in [4.78, 5) is 2.36. The van der Waals surface area contributed by atoms with Crippen molar-refractivity contribution in [3.8, 4) is 0 Å². The first-order chi connectivity index (χ1) is 10.3. The van der Waals surface area contributed by atoms with Crippen molar-refractivity contribution in [2.24, 2.45) is 0 Å². The Hall–Kier alpha value is -1.68. The predicted octanol–water partition coefficient (Wildman–Crippen LogP) is 4.23. The number of nitrogens with zero attached hydrogens (tertiary/aromatic N) is 2. The van der Waals surface area contributed by atoms with Crippen LogP contribution in [0.15, 0.2) is 30.6 Å². The van der Waals surface area contributed by atoms with E-state index in [1.807, 2.05) is 18.5 Å². The second-order valence-electron chi connectivity index (χ2n) is 5.50. The first-order valence-electron chi connectivity index (χ1n) is 7.57. The van der Waals surface area contributed by atoms with Gasteiger partial charge < -0.3 is 10.2 Å². The van der Waals surface area contributed by atoms with Crippen LogP contribution in [-0.2, 0) is 0 Å². The summed E-state index contributed by atoms with van der Waals surface area (Å²) >= 11 is 6.46. The summed E-state index contributed by atoms with van der Waals surface area (Å²) in [5.74, 6) is 0. The van der Waals surface area contributed by atoms with Crippen molar-refractivity contribution in [2.75, 3.05) is 23.3 Å². The lowest BCUT2D eigenvalue weighted by Crippen LogP contribution is -2.18. The van der Waals surface area contributed by atoms with E-state index in [4.69, 9.17) is 11.6 Å². The van der Waals surface area contributed by atoms with Crippen LogP contribution >= 0.6 is 11.6 Å². The van der Waals surface area contributed by atoms with E-state index >= 15 is 0 Å². The van der Waals surface area contributed by atoms with E-state index in [0.29, 0.717) is 0 Å². The Bertz CT molecular complexity index is 576. The predicted molar refractivity (Wildman–Crippen MR) is 88.1 cm³/mol. The fraction of sp³-hybridized carbons (Fsp3) is 0.438. The summed E-state index contributed by atoms with van der Waals surface area (Å²) in [6.45, 7) is 4.38. The summed E-state index contributed by atoms with van der Waals surface area (Å²) in [6, 6.07) is 6.51. The van der Waals surface area contributed by atoms with E-state index in [9.17, 15) is 0 Å². The number of aromatic amines is 1. The van der Waals surface area contributed by atoms with Crippen molar-refractivity contribution in [2.45, 2.75) is 32.2 Å². The SMILES string of the molecule is CCC(Nc1ccc(N2CCCC2)c(Cl)c1)c1cn[nH]c1. The van der Waals surface area contributed by atoms with Crippen molar-refractivity contribution in [1.82, 2.24) is 10.2 Å². The van der Waals surface area contributed by atoms with Gasteiger partial charge in [-0.25, -0.2) is 0 Å². The van der Waals surface area contributed by atoms with Crippen molar-refractivity contribution in [1.29, 1.82) is 0 Å². The molecule has 1 saturated heterocycles. The van der Waals surface area contributed by atoms with Crippen LogP contribution in [0.1, 0.15) is 37.8 Å². The van der Waals surface area contributed by atoms with Gasteiger partial charge in [0.05, 0.1) is 22.9 Å². The molecule has 1 aliphatic heterocycles. The average molecular weight is 305 g/mol. The molecular formula is C16H21ClN4. The molecule has 2 aromatic rings. The Morgan fingerprint density at radius 3 is 2.81 bits per heavy atom. The quantitative estimate of drug-likeness (QED) is 0.869. The summed E-state index contributed by atoms with van der Waals surface area (Å²) in [7, 11) is 0. The number of H-pyrrole nitrogens is 1. The largest absolute Gasteiger partial charge is 0.378 e. The van der Waals surface area contributed by atoms with Gasteiger partial charge in [0.2, 0.25) is 0 Å². The molecule has 112 valence electrons. The van der Waals surface area contributed by atoms with Crippen LogP contribution in [0.4, 0.5) is 11.4 Å². The third kappa shape index (κ3) is 3.16. The summed E-state index contributed by atoms with van der Waals surface area (Å²) < 4.78 is 0. The molecule has 0 saturated carbocycles. The van der Waals surface area contributed by atoms with Crippen LogP contribution in [-0.4, -0.2) is 23.3 Å². The van der Waals surface area contributed by atoms with Gasteiger partial charge in [0, 0.05) is 30.5 Å². The molecule has 21 heavy (non-hydrogen) atoms. The second-order valence-corrected chi connectivity index (χ2v) is 5.90. The number of aromatic nitrogens is 2. The Kier molecular flexibility index (Phi) is 4.34. The molecule has 1 aromatic heterocycles. The summed E-state index contributed by atoms with van der Waals surface area (Å²) in [6.07, 6.45) is 7.30.